The Labute approximate surface area is 191 Å². The molecular weight excluding hydrogens is 412 g/mol. The third-order valence-electron chi connectivity index (χ3n) is 5.53. The minimum atomic E-state index is -0.258. The Balaban J connectivity index is 1.75. The van der Waals surface area contributed by atoms with Crippen LogP contribution in [0.2, 0.25) is 0 Å². The number of ether oxygens (including phenoxy) is 2. The van der Waals surface area contributed by atoms with Crippen molar-refractivity contribution in [2.45, 2.75) is 6.92 Å². The van der Waals surface area contributed by atoms with Crippen molar-refractivity contribution in [1.29, 1.82) is 0 Å². The first-order valence-electron chi connectivity index (χ1n) is 10.5. The van der Waals surface area contributed by atoms with E-state index in [1.54, 1.807) is 24.3 Å². The normalized spacial score (nSPS) is 12.5. The molecule has 4 nitrogen and oxygen atoms in total. The average molecular weight is 432 g/mol. The molecule has 5 rings (SSSR count). The minimum Gasteiger partial charge on any atom is -0.481 e. The Morgan fingerprint density at radius 3 is 2.70 bits per heavy atom. The number of hydrogen-bond acceptors (Lipinski definition) is 4. The van der Waals surface area contributed by atoms with E-state index < -0.39 is 0 Å². The van der Waals surface area contributed by atoms with Crippen molar-refractivity contribution in [3.63, 3.8) is 0 Å². The van der Waals surface area contributed by atoms with Crippen LogP contribution >= 0.6 is 0 Å². The topological polar surface area (TPSA) is 48.7 Å². The van der Waals surface area contributed by atoms with Crippen molar-refractivity contribution in [1.82, 2.24) is 0 Å². The summed E-state index contributed by atoms with van der Waals surface area (Å²) in [5.41, 5.74) is 4.53. The van der Waals surface area contributed by atoms with Crippen molar-refractivity contribution < 1.29 is 18.7 Å². The van der Waals surface area contributed by atoms with Gasteiger partial charge in [-0.3, -0.25) is 4.79 Å². The molecule has 0 spiro atoms. The van der Waals surface area contributed by atoms with Crippen LogP contribution in [0, 0.1) is 12.3 Å². The number of benzene rings is 3. The van der Waals surface area contributed by atoms with Crippen LogP contribution in [0.5, 0.6) is 11.5 Å². The molecule has 2 heterocycles. The molecule has 0 saturated heterocycles. The van der Waals surface area contributed by atoms with Gasteiger partial charge in [0.1, 0.15) is 29.4 Å². The number of rotatable bonds is 5. The molecule has 3 aromatic carbocycles. The standard InChI is InChI=1S/C29H20O4/c1-4-15-31-22-12-8-11-21(17-22)27(30)29-25(20-9-6-5-7-10-20)26-24(33-29)14-13-23-18(2)16-19(3)32-28(23)26/h1,5-14,16-17H,3,15H2,2H3. The molecule has 0 N–H and O–H groups in total. The SMILES string of the molecule is C#CCOc1cccc(C(=O)c2oc3ccc4c(c3c2-c2ccccc2)OC(=C)C=C4C)c1. The molecule has 0 aliphatic carbocycles. The zero-order valence-corrected chi connectivity index (χ0v) is 18.1. The van der Waals surface area contributed by atoms with E-state index in [1.807, 2.05) is 55.5 Å². The zero-order valence-electron chi connectivity index (χ0n) is 18.1. The highest BCUT2D eigenvalue weighted by Crippen LogP contribution is 2.46. The average Bonchev–Trinajstić information content (AvgIpc) is 3.23. The Morgan fingerprint density at radius 1 is 1.09 bits per heavy atom. The van der Waals surface area contributed by atoms with Crippen molar-refractivity contribution in [3.05, 3.63) is 102 Å². The van der Waals surface area contributed by atoms with E-state index in [9.17, 15) is 4.79 Å². The number of terminal acetylenes is 1. The fourth-order valence-corrected chi connectivity index (χ4v) is 4.08. The third-order valence-corrected chi connectivity index (χ3v) is 5.53. The Hall–Kier alpha value is -4.49. The molecule has 0 saturated carbocycles. The molecule has 0 atom stereocenters. The van der Waals surface area contributed by atoms with E-state index in [-0.39, 0.29) is 18.2 Å². The molecule has 0 fully saturated rings. The van der Waals surface area contributed by atoms with Gasteiger partial charge in [-0.15, -0.1) is 6.42 Å². The lowest BCUT2D eigenvalue weighted by molar-refractivity contribution is 0.101. The molecule has 0 radical (unpaired) electrons. The first-order valence-corrected chi connectivity index (χ1v) is 10.5. The van der Waals surface area contributed by atoms with Crippen LogP contribution in [-0.2, 0) is 0 Å². The molecule has 4 heteroatoms. The van der Waals surface area contributed by atoms with Crippen molar-refractivity contribution in [2.75, 3.05) is 6.61 Å². The van der Waals surface area contributed by atoms with Gasteiger partial charge in [0.2, 0.25) is 5.78 Å². The summed E-state index contributed by atoms with van der Waals surface area (Å²) in [6.45, 7) is 6.10. The number of ketones is 1. The lowest BCUT2D eigenvalue weighted by Gasteiger charge is -2.18. The largest absolute Gasteiger partial charge is 0.481 e. The summed E-state index contributed by atoms with van der Waals surface area (Å²) in [5, 5.41) is 0.746. The number of carbonyl (C=O) groups excluding carboxylic acids is 1. The Kier molecular flexibility index (Phi) is 5.08. The molecule has 33 heavy (non-hydrogen) atoms. The summed E-state index contributed by atoms with van der Waals surface area (Å²) < 4.78 is 17.7. The predicted octanol–water partition coefficient (Wildman–Crippen LogP) is 6.65. The van der Waals surface area contributed by atoms with E-state index in [0.717, 1.165) is 22.1 Å². The van der Waals surface area contributed by atoms with Gasteiger partial charge < -0.3 is 13.9 Å². The van der Waals surface area contributed by atoms with Gasteiger partial charge in [-0.05, 0) is 48.4 Å². The second-order valence-corrected chi connectivity index (χ2v) is 7.73. The second-order valence-electron chi connectivity index (χ2n) is 7.73. The second kappa shape index (κ2) is 8.22. The smallest absolute Gasteiger partial charge is 0.229 e. The van der Waals surface area contributed by atoms with E-state index >= 15 is 0 Å². The van der Waals surface area contributed by atoms with Crippen molar-refractivity contribution in [2.24, 2.45) is 0 Å². The molecule has 160 valence electrons. The van der Waals surface area contributed by atoms with E-state index in [2.05, 4.69) is 12.5 Å². The predicted molar refractivity (Wildman–Crippen MR) is 129 cm³/mol. The zero-order chi connectivity index (χ0) is 22.9. The first-order chi connectivity index (χ1) is 16.1. The number of allylic oxidation sites excluding steroid dienone is 2. The Morgan fingerprint density at radius 2 is 1.91 bits per heavy atom. The maximum absolute atomic E-state index is 13.7. The van der Waals surface area contributed by atoms with Crippen LogP contribution in [-0.4, -0.2) is 12.4 Å². The van der Waals surface area contributed by atoms with Gasteiger partial charge in [0, 0.05) is 16.7 Å². The fraction of sp³-hybridized carbons (Fsp3) is 0.0690. The number of carbonyl (C=O) groups is 1. The quantitative estimate of drug-likeness (QED) is 0.262. The van der Waals surface area contributed by atoms with Crippen LogP contribution < -0.4 is 9.47 Å². The highest BCUT2D eigenvalue weighted by atomic mass is 16.5. The lowest BCUT2D eigenvalue weighted by atomic mass is 9.94. The maximum atomic E-state index is 13.7. The molecule has 0 amide bonds. The van der Waals surface area contributed by atoms with Gasteiger partial charge in [0.05, 0.1) is 5.39 Å². The molecule has 1 aliphatic heterocycles. The van der Waals surface area contributed by atoms with Gasteiger partial charge in [-0.2, -0.15) is 0 Å². The van der Waals surface area contributed by atoms with E-state index in [1.165, 1.54) is 0 Å². The Bertz CT molecular complexity index is 1480. The monoisotopic (exact) mass is 432 g/mol. The number of fused-ring (bicyclic) bond motifs is 3. The van der Waals surface area contributed by atoms with E-state index in [0.29, 0.717) is 34.0 Å². The maximum Gasteiger partial charge on any atom is 0.229 e. The molecular formula is C29H20O4. The molecule has 0 bridgehead atoms. The highest BCUT2D eigenvalue weighted by molar-refractivity contribution is 6.17. The van der Waals surface area contributed by atoms with Crippen molar-refractivity contribution >= 4 is 22.3 Å². The van der Waals surface area contributed by atoms with Crippen LogP contribution in [0.3, 0.4) is 0 Å². The summed E-state index contributed by atoms with van der Waals surface area (Å²) in [4.78, 5) is 13.7. The molecule has 4 aromatic rings. The molecule has 1 aliphatic rings. The minimum absolute atomic E-state index is 0.123. The van der Waals surface area contributed by atoms with Gasteiger partial charge in [0.15, 0.2) is 5.76 Å². The van der Waals surface area contributed by atoms with Crippen LogP contribution in [0.1, 0.15) is 28.6 Å². The van der Waals surface area contributed by atoms with Gasteiger partial charge in [-0.25, -0.2) is 0 Å². The summed E-state index contributed by atoms with van der Waals surface area (Å²) in [6.07, 6.45) is 7.18. The third kappa shape index (κ3) is 3.60. The first kappa shape index (κ1) is 20.4. The number of furan rings is 1. The summed E-state index contributed by atoms with van der Waals surface area (Å²) >= 11 is 0. The van der Waals surface area contributed by atoms with Crippen molar-refractivity contribution in [3.8, 4) is 35.0 Å². The number of hydrogen-bond donors (Lipinski definition) is 0. The van der Waals surface area contributed by atoms with Gasteiger partial charge in [0.25, 0.3) is 0 Å². The highest BCUT2D eigenvalue weighted by Gasteiger charge is 2.28. The summed E-state index contributed by atoms with van der Waals surface area (Å²) in [7, 11) is 0. The van der Waals surface area contributed by atoms with Crippen LogP contribution in [0.15, 0.2) is 89.6 Å². The molecule has 0 unspecified atom stereocenters. The fourth-order valence-electron chi connectivity index (χ4n) is 4.08. The van der Waals surface area contributed by atoms with Gasteiger partial charge in [-0.1, -0.05) is 55.0 Å². The summed E-state index contributed by atoms with van der Waals surface area (Å²) in [6, 6.07) is 20.4. The lowest BCUT2D eigenvalue weighted by Crippen LogP contribution is -2.04. The molecule has 1 aromatic heterocycles. The van der Waals surface area contributed by atoms with Gasteiger partial charge >= 0.3 is 0 Å². The van der Waals surface area contributed by atoms with E-state index in [4.69, 9.17) is 20.3 Å². The summed E-state index contributed by atoms with van der Waals surface area (Å²) in [5.74, 6) is 4.12. The van der Waals surface area contributed by atoms with Crippen LogP contribution in [0.25, 0.3) is 27.7 Å². The van der Waals surface area contributed by atoms with Crippen LogP contribution in [0.4, 0.5) is 0 Å².